The summed E-state index contributed by atoms with van der Waals surface area (Å²) < 4.78 is 6.39. The number of ether oxygens (including phenoxy) is 1. The fourth-order valence-electron chi connectivity index (χ4n) is 4.31. The van der Waals surface area contributed by atoms with Gasteiger partial charge in [-0.25, -0.2) is 4.79 Å². The molecule has 1 unspecified atom stereocenters. The first kappa shape index (κ1) is 24.5. The summed E-state index contributed by atoms with van der Waals surface area (Å²) in [5.41, 5.74) is 5.35. The molecule has 0 spiro atoms. The Morgan fingerprint density at radius 2 is 1.60 bits per heavy atom. The molecule has 8 heteroatoms. The Morgan fingerprint density at radius 1 is 0.943 bits per heavy atom. The number of nitrogens with one attached hydrogen (secondary N) is 2. The Bertz CT molecular complexity index is 1200. The zero-order valence-electron chi connectivity index (χ0n) is 18.9. The number of fused-ring (bicyclic) bond motifs is 3. The van der Waals surface area contributed by atoms with E-state index in [0.29, 0.717) is 13.0 Å². The maximum absolute atomic E-state index is 12.6. The van der Waals surface area contributed by atoms with Crippen molar-refractivity contribution in [1.29, 1.82) is 0 Å². The normalized spacial score (nSPS) is 12.8. The molecule has 3 N–H and O–H groups in total. The molecule has 0 bridgehead atoms. The van der Waals surface area contributed by atoms with Crippen LogP contribution in [-0.2, 0) is 20.7 Å². The zero-order chi connectivity index (χ0) is 24.8. The molecule has 35 heavy (non-hydrogen) atoms. The highest BCUT2D eigenvalue weighted by molar-refractivity contribution is 9.10. The van der Waals surface area contributed by atoms with Gasteiger partial charge in [0, 0.05) is 16.9 Å². The Balaban J connectivity index is 1.35. The topological polar surface area (TPSA) is 105 Å². The van der Waals surface area contributed by atoms with Crippen LogP contribution in [0.3, 0.4) is 0 Å². The minimum atomic E-state index is -1.24. The molecule has 0 saturated carbocycles. The van der Waals surface area contributed by atoms with Gasteiger partial charge in [-0.05, 0) is 46.4 Å². The molecule has 1 aliphatic rings. The molecule has 1 atom stereocenters. The molecule has 0 radical (unpaired) electrons. The van der Waals surface area contributed by atoms with E-state index in [4.69, 9.17) is 4.74 Å². The minimum absolute atomic E-state index is 0.0736. The van der Waals surface area contributed by atoms with Gasteiger partial charge in [0.05, 0.1) is 6.42 Å². The summed E-state index contributed by atoms with van der Waals surface area (Å²) in [6.07, 6.45) is -0.816. The largest absolute Gasteiger partial charge is 0.481 e. The predicted molar refractivity (Wildman–Crippen MR) is 135 cm³/mol. The smallest absolute Gasteiger partial charge is 0.407 e. The molecule has 7 nitrogen and oxygen atoms in total. The zero-order valence-corrected chi connectivity index (χ0v) is 20.5. The van der Waals surface area contributed by atoms with Gasteiger partial charge in [0.1, 0.15) is 12.6 Å². The molecule has 4 rings (SSSR count). The standard InChI is InChI=1S/C27H25BrN2O5/c28-18-7-5-6-17(14-18)12-13-29-26(33)24(15-25(31)32)30-27(34)35-16-23-21-10-3-1-8-19(21)20-9-2-4-11-22(20)23/h1-11,14,23-24H,12-13,15-16H2,(H,29,33)(H,30,34)(H,31,32). The molecule has 0 heterocycles. The Labute approximate surface area is 211 Å². The van der Waals surface area contributed by atoms with Gasteiger partial charge in [0.2, 0.25) is 5.91 Å². The number of hydrogen-bond donors (Lipinski definition) is 3. The van der Waals surface area contributed by atoms with E-state index in [9.17, 15) is 19.5 Å². The number of aliphatic carboxylic acids is 1. The van der Waals surface area contributed by atoms with Crippen LogP contribution < -0.4 is 10.6 Å². The summed E-state index contributed by atoms with van der Waals surface area (Å²) in [5, 5.41) is 14.3. The number of carbonyl (C=O) groups excluding carboxylic acids is 2. The van der Waals surface area contributed by atoms with E-state index in [-0.39, 0.29) is 12.5 Å². The van der Waals surface area contributed by atoms with Crippen molar-refractivity contribution in [2.75, 3.05) is 13.2 Å². The van der Waals surface area contributed by atoms with E-state index < -0.39 is 30.4 Å². The van der Waals surface area contributed by atoms with E-state index in [1.54, 1.807) is 0 Å². The third-order valence-electron chi connectivity index (χ3n) is 5.93. The average Bonchev–Trinajstić information content (AvgIpc) is 3.16. The first-order valence-corrected chi connectivity index (χ1v) is 12.1. The highest BCUT2D eigenvalue weighted by Crippen LogP contribution is 2.44. The molecule has 3 aromatic rings. The number of carboxylic acid groups (broad SMARTS) is 1. The van der Waals surface area contributed by atoms with E-state index in [0.717, 1.165) is 32.3 Å². The number of carbonyl (C=O) groups is 3. The Kier molecular flexibility index (Phi) is 7.82. The first-order chi connectivity index (χ1) is 16.9. The summed E-state index contributed by atoms with van der Waals surface area (Å²) in [7, 11) is 0. The number of rotatable bonds is 9. The third-order valence-corrected chi connectivity index (χ3v) is 6.43. The summed E-state index contributed by atoms with van der Waals surface area (Å²) in [6, 6.07) is 22.3. The number of alkyl carbamates (subject to hydrolysis) is 1. The second-order valence-corrected chi connectivity index (χ2v) is 9.21. The lowest BCUT2D eigenvalue weighted by Crippen LogP contribution is -2.48. The fourth-order valence-corrected chi connectivity index (χ4v) is 4.76. The number of benzene rings is 3. The van der Waals surface area contributed by atoms with Gasteiger partial charge < -0.3 is 20.5 Å². The van der Waals surface area contributed by atoms with Crippen LogP contribution in [0.2, 0.25) is 0 Å². The van der Waals surface area contributed by atoms with Crippen molar-refractivity contribution in [3.63, 3.8) is 0 Å². The molecule has 3 aromatic carbocycles. The van der Waals surface area contributed by atoms with Crippen LogP contribution in [0, 0.1) is 0 Å². The minimum Gasteiger partial charge on any atom is -0.481 e. The second-order valence-electron chi connectivity index (χ2n) is 8.29. The van der Waals surface area contributed by atoms with Crippen LogP contribution in [0.25, 0.3) is 11.1 Å². The number of carboxylic acids is 1. The molecule has 2 amide bonds. The highest BCUT2D eigenvalue weighted by atomic mass is 79.9. The van der Waals surface area contributed by atoms with E-state index in [1.807, 2.05) is 72.8 Å². The molecule has 0 aromatic heterocycles. The van der Waals surface area contributed by atoms with E-state index in [2.05, 4.69) is 26.6 Å². The quantitative estimate of drug-likeness (QED) is 0.373. The Hall–Kier alpha value is -3.65. The van der Waals surface area contributed by atoms with Crippen molar-refractivity contribution < 1.29 is 24.2 Å². The van der Waals surface area contributed by atoms with Crippen LogP contribution >= 0.6 is 15.9 Å². The molecule has 1 aliphatic carbocycles. The highest BCUT2D eigenvalue weighted by Gasteiger charge is 2.30. The second kappa shape index (κ2) is 11.2. The Morgan fingerprint density at radius 3 is 2.23 bits per heavy atom. The number of hydrogen-bond acceptors (Lipinski definition) is 4. The van der Waals surface area contributed by atoms with Crippen molar-refractivity contribution in [2.24, 2.45) is 0 Å². The van der Waals surface area contributed by atoms with Crippen LogP contribution in [0.4, 0.5) is 4.79 Å². The molecular formula is C27H25BrN2O5. The summed E-state index contributed by atoms with van der Waals surface area (Å²) in [5.74, 6) is -1.91. The SMILES string of the molecule is O=C(O)CC(NC(=O)OCC1c2ccccc2-c2ccccc21)C(=O)NCCc1cccc(Br)c1. The van der Waals surface area contributed by atoms with Crippen molar-refractivity contribution in [3.05, 3.63) is 94.0 Å². The fraction of sp³-hybridized carbons (Fsp3) is 0.222. The van der Waals surface area contributed by atoms with Gasteiger partial charge in [0.15, 0.2) is 0 Å². The lowest BCUT2D eigenvalue weighted by atomic mass is 9.98. The summed E-state index contributed by atoms with van der Waals surface area (Å²) in [6.45, 7) is 0.377. The van der Waals surface area contributed by atoms with Gasteiger partial charge in [-0.2, -0.15) is 0 Å². The molecule has 0 saturated heterocycles. The number of halogens is 1. The van der Waals surface area contributed by atoms with Gasteiger partial charge in [0.25, 0.3) is 0 Å². The lowest BCUT2D eigenvalue weighted by Gasteiger charge is -2.18. The van der Waals surface area contributed by atoms with Crippen molar-refractivity contribution in [3.8, 4) is 11.1 Å². The maximum atomic E-state index is 12.6. The van der Waals surface area contributed by atoms with E-state index >= 15 is 0 Å². The van der Waals surface area contributed by atoms with Gasteiger partial charge in [-0.3, -0.25) is 9.59 Å². The molecule has 0 fully saturated rings. The lowest BCUT2D eigenvalue weighted by molar-refractivity contribution is -0.139. The van der Waals surface area contributed by atoms with Crippen LogP contribution in [0.1, 0.15) is 29.0 Å². The molecular weight excluding hydrogens is 512 g/mol. The van der Waals surface area contributed by atoms with Crippen LogP contribution in [0.5, 0.6) is 0 Å². The monoisotopic (exact) mass is 536 g/mol. The van der Waals surface area contributed by atoms with Gasteiger partial charge in [-0.15, -0.1) is 0 Å². The third kappa shape index (κ3) is 6.08. The van der Waals surface area contributed by atoms with Crippen molar-refractivity contribution >= 4 is 33.9 Å². The predicted octanol–water partition coefficient (Wildman–Crippen LogP) is 4.49. The van der Waals surface area contributed by atoms with Crippen LogP contribution in [0.15, 0.2) is 77.3 Å². The van der Waals surface area contributed by atoms with E-state index in [1.165, 1.54) is 0 Å². The molecule has 0 aliphatic heterocycles. The molecule has 180 valence electrons. The summed E-state index contributed by atoms with van der Waals surface area (Å²) in [4.78, 5) is 36.4. The van der Waals surface area contributed by atoms with Gasteiger partial charge >= 0.3 is 12.1 Å². The number of amides is 2. The van der Waals surface area contributed by atoms with Crippen molar-refractivity contribution in [2.45, 2.75) is 24.8 Å². The van der Waals surface area contributed by atoms with Gasteiger partial charge in [-0.1, -0.05) is 76.6 Å². The first-order valence-electron chi connectivity index (χ1n) is 11.3. The average molecular weight is 537 g/mol. The summed E-state index contributed by atoms with van der Waals surface area (Å²) >= 11 is 3.40. The van der Waals surface area contributed by atoms with Crippen molar-refractivity contribution in [1.82, 2.24) is 10.6 Å². The van der Waals surface area contributed by atoms with Crippen LogP contribution in [-0.4, -0.2) is 42.3 Å². The maximum Gasteiger partial charge on any atom is 0.407 e.